The standard InChI is InChI=1S/C16H17NO4/c1-9-4-10(2)6-12(5-9)15(18)17-8-13-7-14(16(19)20)11(3)21-13/h4-7H,8H2,1-3H3,(H,17,18)(H,19,20). The summed E-state index contributed by atoms with van der Waals surface area (Å²) in [5.41, 5.74) is 2.73. The maximum absolute atomic E-state index is 12.1. The average molecular weight is 287 g/mol. The number of nitrogens with one attached hydrogen (secondary N) is 1. The largest absolute Gasteiger partial charge is 0.478 e. The maximum Gasteiger partial charge on any atom is 0.339 e. The van der Waals surface area contributed by atoms with Crippen LogP contribution in [0.3, 0.4) is 0 Å². The van der Waals surface area contributed by atoms with Crippen LogP contribution in [0, 0.1) is 20.8 Å². The Labute approximate surface area is 122 Å². The Kier molecular flexibility index (Phi) is 4.12. The number of carbonyl (C=O) groups is 2. The third kappa shape index (κ3) is 3.51. The number of carboxylic acids is 1. The third-order valence-corrected chi connectivity index (χ3v) is 3.11. The van der Waals surface area contributed by atoms with Gasteiger partial charge in [0.2, 0.25) is 0 Å². The van der Waals surface area contributed by atoms with Gasteiger partial charge in [-0.15, -0.1) is 0 Å². The van der Waals surface area contributed by atoms with E-state index in [4.69, 9.17) is 9.52 Å². The van der Waals surface area contributed by atoms with E-state index in [1.54, 1.807) is 19.1 Å². The molecule has 0 fully saturated rings. The van der Waals surface area contributed by atoms with Crippen LogP contribution in [0.25, 0.3) is 0 Å². The molecule has 0 unspecified atom stereocenters. The van der Waals surface area contributed by atoms with Gasteiger partial charge in [0.05, 0.1) is 6.54 Å². The molecule has 0 radical (unpaired) electrons. The highest BCUT2D eigenvalue weighted by Gasteiger charge is 2.14. The molecular formula is C16H17NO4. The highest BCUT2D eigenvalue weighted by molar-refractivity contribution is 5.94. The van der Waals surface area contributed by atoms with Crippen molar-refractivity contribution >= 4 is 11.9 Å². The fraction of sp³-hybridized carbons (Fsp3) is 0.250. The van der Waals surface area contributed by atoms with Crippen LogP contribution in [0.15, 0.2) is 28.7 Å². The fourth-order valence-corrected chi connectivity index (χ4v) is 2.22. The first-order valence-electron chi connectivity index (χ1n) is 6.56. The number of carboxylic acid groups (broad SMARTS) is 1. The van der Waals surface area contributed by atoms with Gasteiger partial charge < -0.3 is 14.8 Å². The van der Waals surface area contributed by atoms with E-state index in [2.05, 4.69) is 5.32 Å². The number of carbonyl (C=O) groups excluding carboxylic acids is 1. The fourth-order valence-electron chi connectivity index (χ4n) is 2.22. The van der Waals surface area contributed by atoms with E-state index in [-0.39, 0.29) is 18.0 Å². The lowest BCUT2D eigenvalue weighted by molar-refractivity contribution is 0.0694. The molecule has 5 nitrogen and oxygen atoms in total. The molecule has 0 aliphatic heterocycles. The Morgan fingerprint density at radius 2 is 1.71 bits per heavy atom. The molecule has 5 heteroatoms. The van der Waals surface area contributed by atoms with Crippen molar-refractivity contribution < 1.29 is 19.1 Å². The van der Waals surface area contributed by atoms with Gasteiger partial charge in [-0.05, 0) is 39.0 Å². The number of hydrogen-bond acceptors (Lipinski definition) is 3. The van der Waals surface area contributed by atoms with Gasteiger partial charge in [-0.25, -0.2) is 4.79 Å². The van der Waals surface area contributed by atoms with Crippen LogP contribution >= 0.6 is 0 Å². The summed E-state index contributed by atoms with van der Waals surface area (Å²) in [4.78, 5) is 23.0. The van der Waals surface area contributed by atoms with E-state index in [1.807, 2.05) is 19.9 Å². The topological polar surface area (TPSA) is 79.5 Å². The molecule has 0 spiro atoms. The monoisotopic (exact) mass is 287 g/mol. The zero-order valence-electron chi connectivity index (χ0n) is 12.2. The van der Waals surface area contributed by atoms with Crippen LogP contribution in [-0.2, 0) is 6.54 Å². The molecule has 1 aromatic carbocycles. The van der Waals surface area contributed by atoms with E-state index in [9.17, 15) is 9.59 Å². The second kappa shape index (κ2) is 5.83. The molecular weight excluding hydrogens is 270 g/mol. The zero-order chi connectivity index (χ0) is 15.6. The lowest BCUT2D eigenvalue weighted by atomic mass is 10.1. The Morgan fingerprint density at radius 3 is 2.24 bits per heavy atom. The molecule has 0 aliphatic carbocycles. The van der Waals surface area contributed by atoms with Gasteiger partial charge in [0, 0.05) is 5.56 Å². The van der Waals surface area contributed by atoms with E-state index in [0.717, 1.165) is 11.1 Å². The molecule has 1 heterocycles. The summed E-state index contributed by atoms with van der Waals surface area (Å²) in [7, 11) is 0. The van der Waals surface area contributed by atoms with E-state index in [1.165, 1.54) is 6.07 Å². The molecule has 0 aliphatic rings. The van der Waals surface area contributed by atoms with Crippen molar-refractivity contribution in [3.8, 4) is 0 Å². The van der Waals surface area contributed by atoms with Gasteiger partial charge in [0.15, 0.2) is 0 Å². The van der Waals surface area contributed by atoms with Crippen LogP contribution in [-0.4, -0.2) is 17.0 Å². The normalized spacial score (nSPS) is 10.4. The second-order valence-corrected chi connectivity index (χ2v) is 5.05. The smallest absolute Gasteiger partial charge is 0.339 e. The maximum atomic E-state index is 12.1. The molecule has 21 heavy (non-hydrogen) atoms. The number of furan rings is 1. The summed E-state index contributed by atoms with van der Waals surface area (Å²) in [5, 5.41) is 11.7. The minimum absolute atomic E-state index is 0.116. The van der Waals surface area contributed by atoms with Gasteiger partial charge >= 0.3 is 5.97 Å². The van der Waals surface area contributed by atoms with Crippen molar-refractivity contribution in [2.24, 2.45) is 0 Å². The molecule has 0 saturated carbocycles. The number of aromatic carboxylic acids is 1. The first-order valence-corrected chi connectivity index (χ1v) is 6.56. The van der Waals surface area contributed by atoms with Crippen LogP contribution in [0.4, 0.5) is 0 Å². The number of aryl methyl sites for hydroxylation is 3. The Hall–Kier alpha value is -2.56. The lowest BCUT2D eigenvalue weighted by Crippen LogP contribution is -2.22. The lowest BCUT2D eigenvalue weighted by Gasteiger charge is -2.05. The summed E-state index contributed by atoms with van der Waals surface area (Å²) in [6, 6.07) is 7.03. The molecule has 0 bridgehead atoms. The third-order valence-electron chi connectivity index (χ3n) is 3.11. The predicted molar refractivity (Wildman–Crippen MR) is 77.5 cm³/mol. The Morgan fingerprint density at radius 1 is 1.10 bits per heavy atom. The van der Waals surface area contributed by atoms with Crippen molar-refractivity contribution in [1.29, 1.82) is 0 Å². The summed E-state index contributed by atoms with van der Waals surface area (Å²) >= 11 is 0. The molecule has 110 valence electrons. The van der Waals surface area contributed by atoms with Crippen LogP contribution in [0.2, 0.25) is 0 Å². The molecule has 0 atom stereocenters. The quantitative estimate of drug-likeness (QED) is 0.906. The zero-order valence-corrected chi connectivity index (χ0v) is 12.2. The van der Waals surface area contributed by atoms with E-state index in [0.29, 0.717) is 17.1 Å². The SMILES string of the molecule is Cc1cc(C)cc(C(=O)NCc2cc(C(=O)O)c(C)o2)c1. The Bertz CT molecular complexity index is 680. The van der Waals surface area contributed by atoms with Gasteiger partial charge in [-0.3, -0.25) is 4.79 Å². The van der Waals surface area contributed by atoms with Gasteiger partial charge in [-0.1, -0.05) is 17.2 Å². The number of benzene rings is 1. The van der Waals surface area contributed by atoms with Crippen molar-refractivity contribution in [1.82, 2.24) is 5.32 Å². The number of amides is 1. The van der Waals surface area contributed by atoms with E-state index < -0.39 is 5.97 Å². The molecule has 2 aromatic rings. The van der Waals surface area contributed by atoms with Crippen LogP contribution in [0.5, 0.6) is 0 Å². The van der Waals surface area contributed by atoms with Crippen molar-refractivity contribution in [3.05, 3.63) is 58.0 Å². The van der Waals surface area contributed by atoms with Crippen molar-refractivity contribution in [2.75, 3.05) is 0 Å². The molecule has 2 N–H and O–H groups in total. The van der Waals surface area contributed by atoms with Gasteiger partial charge in [0.25, 0.3) is 5.91 Å². The van der Waals surface area contributed by atoms with Gasteiger partial charge in [0.1, 0.15) is 17.1 Å². The van der Waals surface area contributed by atoms with Crippen LogP contribution in [0.1, 0.15) is 43.4 Å². The minimum atomic E-state index is -1.04. The number of rotatable bonds is 4. The highest BCUT2D eigenvalue weighted by atomic mass is 16.4. The first kappa shape index (κ1) is 14.8. The summed E-state index contributed by atoms with van der Waals surface area (Å²) in [5.74, 6) is -0.503. The summed E-state index contributed by atoms with van der Waals surface area (Å²) in [6.07, 6.45) is 0. The molecule has 1 aromatic heterocycles. The second-order valence-electron chi connectivity index (χ2n) is 5.05. The van der Waals surface area contributed by atoms with Gasteiger partial charge in [-0.2, -0.15) is 0 Å². The number of hydrogen-bond donors (Lipinski definition) is 2. The van der Waals surface area contributed by atoms with Crippen LogP contribution < -0.4 is 5.32 Å². The Balaban J connectivity index is 2.07. The summed E-state index contributed by atoms with van der Waals surface area (Å²) < 4.78 is 5.31. The van der Waals surface area contributed by atoms with Crippen molar-refractivity contribution in [3.63, 3.8) is 0 Å². The summed E-state index contributed by atoms with van der Waals surface area (Å²) in [6.45, 7) is 5.59. The first-order chi connectivity index (χ1) is 9.86. The minimum Gasteiger partial charge on any atom is -0.478 e. The van der Waals surface area contributed by atoms with Crippen molar-refractivity contribution in [2.45, 2.75) is 27.3 Å². The molecule has 2 rings (SSSR count). The molecule has 1 amide bonds. The highest BCUT2D eigenvalue weighted by Crippen LogP contribution is 2.15. The average Bonchev–Trinajstić information content (AvgIpc) is 2.76. The van der Waals surface area contributed by atoms with E-state index >= 15 is 0 Å². The predicted octanol–water partition coefficient (Wildman–Crippen LogP) is 2.83. The molecule has 0 saturated heterocycles.